The highest BCUT2D eigenvalue weighted by Gasteiger charge is 2.30. The van der Waals surface area contributed by atoms with Gasteiger partial charge in [0.15, 0.2) is 5.17 Å². The van der Waals surface area contributed by atoms with Crippen LogP contribution in [0.5, 0.6) is 5.75 Å². The largest absolute Gasteiger partial charge is 0.549 e. The summed E-state index contributed by atoms with van der Waals surface area (Å²) in [6, 6.07) is 7.04. The predicted molar refractivity (Wildman–Crippen MR) is 78.5 cm³/mol. The van der Waals surface area contributed by atoms with Crippen molar-refractivity contribution in [1.82, 2.24) is 4.90 Å². The molecule has 1 aliphatic rings. The minimum absolute atomic E-state index is 0.0776. The molecule has 1 atom stereocenters. The van der Waals surface area contributed by atoms with Gasteiger partial charge in [0, 0.05) is 13.5 Å². The molecular weight excluding hydrogens is 292 g/mol. The van der Waals surface area contributed by atoms with E-state index in [9.17, 15) is 14.7 Å². The molecule has 1 heterocycles. The van der Waals surface area contributed by atoms with Gasteiger partial charge in [-0.3, -0.25) is 9.69 Å². The summed E-state index contributed by atoms with van der Waals surface area (Å²) in [5, 5.41) is 10.4. The van der Waals surface area contributed by atoms with E-state index in [2.05, 4.69) is 4.99 Å². The molecule has 0 radical (unpaired) electrons. The van der Waals surface area contributed by atoms with Crippen LogP contribution in [0.15, 0.2) is 29.3 Å². The van der Waals surface area contributed by atoms with Gasteiger partial charge in [-0.1, -0.05) is 11.8 Å². The molecule has 0 bridgehead atoms. The number of benzene rings is 1. The second kappa shape index (κ2) is 6.62. The van der Waals surface area contributed by atoms with Crippen molar-refractivity contribution in [2.75, 3.05) is 13.7 Å². The lowest BCUT2D eigenvalue weighted by Crippen LogP contribution is -2.45. The van der Waals surface area contributed by atoms with Crippen LogP contribution >= 0.6 is 11.8 Å². The number of rotatable bonds is 4. The van der Waals surface area contributed by atoms with Crippen LogP contribution in [0.4, 0.5) is 5.69 Å². The first kappa shape index (κ1) is 15.4. The fraction of sp³-hybridized carbons (Fsp3) is 0.357. The summed E-state index contributed by atoms with van der Waals surface area (Å²) in [5.74, 6) is -0.803. The Bertz CT molecular complexity index is 571. The molecule has 1 saturated heterocycles. The van der Waals surface area contributed by atoms with Gasteiger partial charge >= 0.3 is 0 Å². The topological polar surface area (TPSA) is 82.0 Å². The molecule has 1 fully saturated rings. The Morgan fingerprint density at radius 1 is 1.48 bits per heavy atom. The summed E-state index contributed by atoms with van der Waals surface area (Å²) < 4.78 is 5.33. The average Bonchev–Trinajstić information content (AvgIpc) is 2.45. The molecule has 1 amide bonds. The normalized spacial score (nSPS) is 20.7. The number of hydrogen-bond acceptors (Lipinski definition) is 6. The first-order chi connectivity index (χ1) is 10.0. The highest BCUT2D eigenvalue weighted by Crippen LogP contribution is 2.28. The molecule has 1 aliphatic heterocycles. The van der Waals surface area contributed by atoms with Gasteiger partial charge in [0.2, 0.25) is 5.91 Å². The van der Waals surface area contributed by atoms with Crippen molar-refractivity contribution in [1.29, 1.82) is 0 Å². The minimum Gasteiger partial charge on any atom is -0.549 e. The third-order valence-electron chi connectivity index (χ3n) is 2.90. The molecule has 1 aromatic carbocycles. The van der Waals surface area contributed by atoms with Crippen molar-refractivity contribution in [2.45, 2.75) is 18.6 Å². The standard InChI is InChI=1S/C14H16N2O4S/c1-3-20-10-6-4-9(5-7-10)15-14-16(2)12(17)8-11(21-14)13(18)19/h4-7,11H,3,8H2,1-2H3,(H,18,19)/p-1/t11-/m1/s1. The molecule has 0 aliphatic carbocycles. The Kier molecular flexibility index (Phi) is 4.85. The minimum atomic E-state index is -1.25. The van der Waals surface area contributed by atoms with Crippen LogP contribution < -0.4 is 9.84 Å². The van der Waals surface area contributed by atoms with Gasteiger partial charge in [0.1, 0.15) is 5.75 Å². The quantitative estimate of drug-likeness (QED) is 0.821. The van der Waals surface area contributed by atoms with E-state index < -0.39 is 11.2 Å². The molecular formula is C14H15N2O4S-. The Morgan fingerprint density at radius 3 is 2.71 bits per heavy atom. The van der Waals surface area contributed by atoms with Gasteiger partial charge in [-0.05, 0) is 31.2 Å². The summed E-state index contributed by atoms with van der Waals surface area (Å²) in [4.78, 5) is 28.4. The van der Waals surface area contributed by atoms with E-state index in [1.807, 2.05) is 6.92 Å². The van der Waals surface area contributed by atoms with Crippen molar-refractivity contribution in [3.8, 4) is 5.75 Å². The first-order valence-corrected chi connectivity index (χ1v) is 7.35. The average molecular weight is 307 g/mol. The summed E-state index contributed by atoms with van der Waals surface area (Å²) in [6.07, 6.45) is -0.0776. The number of carboxylic acid groups (broad SMARTS) is 1. The predicted octanol–water partition coefficient (Wildman–Crippen LogP) is 0.787. The molecule has 0 aromatic heterocycles. The van der Waals surface area contributed by atoms with Crippen molar-refractivity contribution in [3.05, 3.63) is 24.3 Å². The van der Waals surface area contributed by atoms with Crippen LogP contribution in [0.3, 0.4) is 0 Å². The van der Waals surface area contributed by atoms with E-state index in [-0.39, 0.29) is 12.3 Å². The molecule has 0 spiro atoms. The Labute approximate surface area is 126 Å². The third-order valence-corrected chi connectivity index (χ3v) is 4.12. The number of aliphatic imine (C=N–C) groups is 1. The first-order valence-electron chi connectivity index (χ1n) is 6.47. The molecule has 2 rings (SSSR count). The maximum absolute atomic E-state index is 11.8. The number of hydrogen-bond donors (Lipinski definition) is 0. The van der Waals surface area contributed by atoms with Crippen molar-refractivity contribution in [3.63, 3.8) is 0 Å². The van der Waals surface area contributed by atoms with E-state index in [4.69, 9.17) is 4.74 Å². The molecule has 6 nitrogen and oxygen atoms in total. The second-order valence-electron chi connectivity index (χ2n) is 4.40. The Morgan fingerprint density at radius 2 is 2.14 bits per heavy atom. The zero-order valence-electron chi connectivity index (χ0n) is 11.7. The number of nitrogens with zero attached hydrogens (tertiary/aromatic N) is 2. The SMILES string of the molecule is CCOc1ccc(N=C2S[C@@H](C(=O)[O-])CC(=O)N2C)cc1. The van der Waals surface area contributed by atoms with E-state index in [0.717, 1.165) is 17.5 Å². The molecule has 7 heteroatoms. The zero-order valence-corrected chi connectivity index (χ0v) is 12.6. The number of carboxylic acids is 1. The van der Waals surface area contributed by atoms with E-state index in [1.54, 1.807) is 31.3 Å². The summed E-state index contributed by atoms with van der Waals surface area (Å²) >= 11 is 1.02. The third kappa shape index (κ3) is 3.75. The second-order valence-corrected chi connectivity index (χ2v) is 5.57. The Balaban J connectivity index is 2.20. The maximum atomic E-state index is 11.8. The van der Waals surface area contributed by atoms with E-state index >= 15 is 0 Å². The lowest BCUT2D eigenvalue weighted by Gasteiger charge is -2.29. The van der Waals surface area contributed by atoms with Crippen molar-refractivity contribution in [2.24, 2.45) is 4.99 Å². The lowest BCUT2D eigenvalue weighted by atomic mass is 10.3. The van der Waals surface area contributed by atoms with E-state index in [1.165, 1.54) is 4.90 Å². The summed E-state index contributed by atoms with van der Waals surface area (Å²) in [5.41, 5.74) is 0.625. The molecule has 0 N–H and O–H groups in total. The highest BCUT2D eigenvalue weighted by molar-refractivity contribution is 8.15. The molecule has 1 aromatic rings. The summed E-state index contributed by atoms with van der Waals surface area (Å²) in [6.45, 7) is 2.47. The number of ether oxygens (including phenoxy) is 1. The monoisotopic (exact) mass is 307 g/mol. The van der Waals surface area contributed by atoms with Crippen molar-refractivity contribution >= 4 is 34.5 Å². The molecule has 0 unspecified atom stereocenters. The number of amides is 1. The number of thioether (sulfide) groups is 1. The van der Waals surface area contributed by atoms with Crippen LogP contribution in [0.25, 0.3) is 0 Å². The van der Waals surface area contributed by atoms with Crippen LogP contribution in [0.2, 0.25) is 0 Å². The van der Waals surface area contributed by atoms with Gasteiger partial charge in [-0.2, -0.15) is 0 Å². The molecule has 0 saturated carbocycles. The highest BCUT2D eigenvalue weighted by atomic mass is 32.2. The van der Waals surface area contributed by atoms with Gasteiger partial charge in [0.25, 0.3) is 0 Å². The maximum Gasteiger partial charge on any atom is 0.229 e. The molecule has 21 heavy (non-hydrogen) atoms. The van der Waals surface area contributed by atoms with Crippen LogP contribution in [0, 0.1) is 0 Å². The molecule has 112 valence electrons. The van der Waals surface area contributed by atoms with Crippen LogP contribution in [-0.4, -0.2) is 40.8 Å². The van der Waals surface area contributed by atoms with Gasteiger partial charge in [-0.15, -0.1) is 0 Å². The Hall–Kier alpha value is -2.02. The number of carbonyl (C=O) groups excluding carboxylic acids is 2. The van der Waals surface area contributed by atoms with Gasteiger partial charge in [0.05, 0.1) is 23.5 Å². The zero-order chi connectivity index (χ0) is 15.4. The number of aliphatic carboxylic acids is 1. The fourth-order valence-electron chi connectivity index (χ4n) is 1.78. The fourth-order valence-corrected chi connectivity index (χ4v) is 2.77. The summed E-state index contributed by atoms with van der Waals surface area (Å²) in [7, 11) is 1.58. The van der Waals surface area contributed by atoms with Crippen molar-refractivity contribution < 1.29 is 19.4 Å². The van der Waals surface area contributed by atoms with Gasteiger partial charge < -0.3 is 14.6 Å². The van der Waals surface area contributed by atoms with E-state index in [0.29, 0.717) is 17.5 Å². The number of amidine groups is 1. The lowest BCUT2D eigenvalue weighted by molar-refractivity contribution is -0.304. The van der Waals surface area contributed by atoms with Crippen LogP contribution in [-0.2, 0) is 9.59 Å². The number of carbonyl (C=O) groups is 2. The van der Waals surface area contributed by atoms with Crippen LogP contribution in [0.1, 0.15) is 13.3 Å². The van der Waals surface area contributed by atoms with Gasteiger partial charge in [-0.25, -0.2) is 4.99 Å². The smallest absolute Gasteiger partial charge is 0.229 e.